The fourth-order valence-electron chi connectivity index (χ4n) is 0.139. The molecule has 0 aliphatic heterocycles. The third-order valence-corrected chi connectivity index (χ3v) is 1.91. The van der Waals surface area contributed by atoms with Crippen molar-refractivity contribution in [1.82, 2.24) is 0 Å². The fourth-order valence-corrected chi connectivity index (χ4v) is 1.25. The zero-order valence-corrected chi connectivity index (χ0v) is 5.70. The molecule has 0 aliphatic rings. The van der Waals surface area contributed by atoms with Crippen molar-refractivity contribution in [2.45, 2.75) is 0 Å². The highest BCUT2D eigenvalue weighted by Gasteiger charge is 2.27. The summed E-state index contributed by atoms with van der Waals surface area (Å²) < 4.78 is 22.2. The molecule has 0 fully saturated rings. The van der Waals surface area contributed by atoms with Crippen LogP contribution in [0.15, 0.2) is 0 Å². The van der Waals surface area contributed by atoms with Gasteiger partial charge in [0, 0.05) is 0 Å². The molecule has 0 aliphatic carbocycles. The fraction of sp³-hybridized carbons (Fsp3) is 0. The van der Waals surface area contributed by atoms with E-state index in [9.17, 15) is 9.13 Å². The van der Waals surface area contributed by atoms with E-state index in [2.05, 4.69) is 4.31 Å². The first-order chi connectivity index (χ1) is 3.71. The number of hydrogen-bond acceptors (Lipinski definition) is 3. The topological polar surface area (TPSA) is 124 Å². The minimum atomic E-state index is -5.05. The van der Waals surface area contributed by atoms with Gasteiger partial charge in [-0.05, 0) is 0 Å². The molecule has 0 aromatic rings. The lowest BCUT2D eigenvalue weighted by atomic mass is 15.7. The molecule has 13 heavy (non-hydrogen) atoms. The molecule has 0 saturated carbocycles. The van der Waals surface area contributed by atoms with Gasteiger partial charge in [0.2, 0.25) is 0 Å². The predicted molar refractivity (Wildman–Crippen MR) is 60.7 cm³/mol. The highest BCUT2D eigenvalue weighted by Crippen LogP contribution is 2.53. The van der Waals surface area contributed by atoms with Crippen LogP contribution in [0.4, 0.5) is 0 Å². The van der Waals surface area contributed by atoms with Gasteiger partial charge in [0.25, 0.3) is 0 Å². The third-order valence-electron chi connectivity index (χ3n) is 0.213. The van der Waals surface area contributed by atoms with E-state index in [1.807, 2.05) is 0 Å². The second-order valence-corrected chi connectivity index (χ2v) is 3.68. The van der Waals surface area contributed by atoms with Crippen molar-refractivity contribution in [3.63, 3.8) is 0 Å². The average Bonchev–Trinajstić information content (AvgIpc) is 1.14. The maximum Gasteiger partial charge on any atom is 0.478 e. The summed E-state index contributed by atoms with van der Waals surface area (Å²) >= 11 is 0. The van der Waals surface area contributed by atoms with Gasteiger partial charge < -0.3 is 19.6 Å². The molecule has 0 amide bonds. The summed E-state index contributed by atoms with van der Waals surface area (Å²) in [6.07, 6.45) is 0. The minimum absolute atomic E-state index is 0. The Morgan fingerprint density at radius 1 is 0.769 bits per heavy atom. The summed E-state index contributed by atoms with van der Waals surface area (Å²) in [7, 11) is -10.1. The maximum absolute atomic E-state index is 9.63. The van der Waals surface area contributed by atoms with E-state index < -0.39 is 15.6 Å². The highest BCUT2D eigenvalue weighted by atomic mass is 31.3. The molecule has 13 heteroatoms. The first kappa shape index (κ1) is 29.8. The number of rotatable bonds is 2. The molecule has 7 nitrogen and oxygen atoms in total. The third kappa shape index (κ3) is 31.3. The van der Waals surface area contributed by atoms with Crippen molar-refractivity contribution in [3.8, 4) is 0 Å². The molecular weight excluding hydrogens is 274 g/mol. The highest BCUT2D eigenvalue weighted by molar-refractivity contribution is 7.60. The zero-order chi connectivity index (χ0) is 7.71. The Bertz CT molecular complexity index is 162. The van der Waals surface area contributed by atoms with E-state index >= 15 is 0 Å². The standard InChI is InChI=1S/Al.3Mg.H4O7P2.9H/c;;;;1-8(2,3)7-9(4,5)6;;;;;;;;;/h;;;;(H2,1,2,3)(H2,4,5,6);;;;;;;;;. The monoisotopic (exact) mass is 286 g/mol. The first-order valence-electron chi connectivity index (χ1n) is 1.53. The molecule has 0 aromatic heterocycles. The smallest absolute Gasteiger partial charge is 0.302 e. The van der Waals surface area contributed by atoms with Gasteiger partial charge >= 0.3 is 84.8 Å². The lowest BCUT2D eigenvalue weighted by Crippen LogP contribution is -1.84. The first-order valence-corrected chi connectivity index (χ1v) is 4.59. The van der Waals surface area contributed by atoms with Crippen molar-refractivity contribution in [1.29, 1.82) is 0 Å². The molecule has 0 unspecified atom stereocenters. The molecule has 74 valence electrons. The van der Waals surface area contributed by atoms with Crippen molar-refractivity contribution < 1.29 is 33.0 Å². The maximum atomic E-state index is 9.63. The van der Waals surface area contributed by atoms with E-state index in [-0.39, 0.29) is 86.5 Å². The molecule has 0 heterocycles. The van der Waals surface area contributed by atoms with Crippen molar-refractivity contribution in [2.75, 3.05) is 0 Å². The van der Waals surface area contributed by atoms with Crippen LogP contribution in [-0.4, -0.2) is 106 Å². The van der Waals surface area contributed by atoms with Crippen molar-refractivity contribution in [2.24, 2.45) is 0 Å². The van der Waals surface area contributed by atoms with Crippen LogP contribution in [0.25, 0.3) is 0 Å². The van der Waals surface area contributed by atoms with Crippen LogP contribution in [0.5, 0.6) is 0 Å². The molecule has 0 aromatic carbocycles. The van der Waals surface area contributed by atoms with Gasteiger partial charge in [-0.3, -0.25) is 0 Å². The van der Waals surface area contributed by atoms with Crippen LogP contribution in [0.2, 0.25) is 0 Å². The van der Waals surface area contributed by atoms with Gasteiger partial charge in [-0.1, -0.05) is 0 Å². The zero-order valence-electron chi connectivity index (χ0n) is 3.91. The second kappa shape index (κ2) is 11.6. The summed E-state index contributed by atoms with van der Waals surface area (Å²) in [5, 5.41) is 0. The van der Waals surface area contributed by atoms with Gasteiger partial charge in [0.05, 0.1) is 0 Å². The minimum Gasteiger partial charge on any atom is -0.302 e. The molecule has 0 radical (unpaired) electrons. The normalized spacial score (nSPS) is 9.54. The van der Waals surface area contributed by atoms with Crippen molar-refractivity contribution in [3.05, 3.63) is 0 Å². The largest absolute Gasteiger partial charge is 0.478 e. The van der Waals surface area contributed by atoms with Crippen LogP contribution in [-0.2, 0) is 13.4 Å². The Balaban J connectivity index is -0.0000000533. The van der Waals surface area contributed by atoms with E-state index in [1.54, 1.807) is 0 Å². The van der Waals surface area contributed by atoms with Gasteiger partial charge in [-0.2, -0.15) is 4.31 Å². The van der Waals surface area contributed by atoms with Crippen molar-refractivity contribution >= 4 is 102 Å². The summed E-state index contributed by atoms with van der Waals surface area (Å²) in [6, 6.07) is 0. The van der Waals surface area contributed by atoms with Crippen LogP contribution >= 0.6 is 15.6 Å². The molecule has 0 saturated heterocycles. The Morgan fingerprint density at radius 3 is 0.923 bits per heavy atom. The predicted octanol–water partition coefficient (Wildman–Crippen LogP) is -4.74. The van der Waals surface area contributed by atoms with E-state index in [0.717, 1.165) is 0 Å². The summed E-state index contributed by atoms with van der Waals surface area (Å²) in [5.41, 5.74) is 0. The Kier molecular flexibility index (Phi) is 26.5. The van der Waals surface area contributed by atoms with Crippen LogP contribution in [0.3, 0.4) is 0 Å². The number of phosphoric acid groups is 2. The van der Waals surface area contributed by atoms with Gasteiger partial charge in [-0.25, -0.2) is 9.13 Å². The summed E-state index contributed by atoms with van der Waals surface area (Å²) in [5.74, 6) is 0. The Labute approximate surface area is 133 Å². The Hall–Kier alpha value is 3.09. The second-order valence-electron chi connectivity index (χ2n) is 1.06. The van der Waals surface area contributed by atoms with E-state index in [1.165, 1.54) is 0 Å². The van der Waals surface area contributed by atoms with Crippen LogP contribution in [0.1, 0.15) is 0 Å². The number of hydrogen-bond donors (Lipinski definition) is 4. The average molecular weight is 287 g/mol. The molecule has 4 N–H and O–H groups in total. The molecule has 0 atom stereocenters. The Morgan fingerprint density at radius 2 is 0.923 bits per heavy atom. The van der Waals surface area contributed by atoms with Crippen LogP contribution in [0, 0.1) is 0 Å². The molecular formula is H13AlMg3O7P2. The molecule has 0 spiro atoms. The van der Waals surface area contributed by atoms with Crippen LogP contribution < -0.4 is 0 Å². The summed E-state index contributed by atoms with van der Waals surface area (Å²) in [6.45, 7) is 0. The lowest BCUT2D eigenvalue weighted by molar-refractivity contribution is 0.225. The molecule has 0 rings (SSSR count). The van der Waals surface area contributed by atoms with E-state index in [4.69, 9.17) is 19.6 Å². The lowest BCUT2D eigenvalue weighted by Gasteiger charge is -2.03. The quantitative estimate of drug-likeness (QED) is 0.297. The SMILES string of the molecule is O=P(O)(O)OP(=O)(O)O.[AlH3].[MgH2].[MgH2].[MgH2]. The van der Waals surface area contributed by atoms with E-state index in [0.29, 0.717) is 0 Å². The van der Waals surface area contributed by atoms with Gasteiger partial charge in [0.15, 0.2) is 17.4 Å². The van der Waals surface area contributed by atoms with Gasteiger partial charge in [0.1, 0.15) is 0 Å². The van der Waals surface area contributed by atoms with Gasteiger partial charge in [-0.15, -0.1) is 0 Å². The summed E-state index contributed by atoms with van der Waals surface area (Å²) in [4.78, 5) is 31.0. The molecule has 0 bridgehead atoms.